The van der Waals surface area contributed by atoms with Crippen molar-refractivity contribution in [2.24, 2.45) is 0 Å². The normalized spacial score (nSPS) is 10.7. The van der Waals surface area contributed by atoms with Crippen LogP contribution in [-0.4, -0.2) is 38.5 Å². The summed E-state index contributed by atoms with van der Waals surface area (Å²) < 4.78 is 7.34. The maximum Gasteiger partial charge on any atom is 0.345 e. The van der Waals surface area contributed by atoms with Gasteiger partial charge in [0.1, 0.15) is 5.75 Å². The van der Waals surface area contributed by atoms with Crippen molar-refractivity contribution in [1.29, 1.82) is 0 Å². The number of hydrogen-bond donors (Lipinski definition) is 2. The molecule has 0 radical (unpaired) electrons. The van der Waals surface area contributed by atoms with Crippen LogP contribution in [0.15, 0.2) is 54.6 Å². The highest BCUT2D eigenvalue weighted by molar-refractivity contribution is 5.34. The molecule has 1 aromatic heterocycles. The Labute approximate surface area is 133 Å². The number of ether oxygens (including phenoxy) is 1. The third-order valence-electron chi connectivity index (χ3n) is 3.17. The van der Waals surface area contributed by atoms with E-state index in [-0.39, 0.29) is 6.61 Å². The Morgan fingerprint density at radius 1 is 1.09 bits per heavy atom. The molecule has 3 rings (SSSR count). The van der Waals surface area contributed by atoms with Crippen LogP contribution in [0.1, 0.15) is 5.56 Å². The molecular formula is C16H17N5O2. The van der Waals surface area contributed by atoms with Crippen LogP contribution in [-0.2, 0) is 6.54 Å². The molecule has 7 nitrogen and oxygen atoms in total. The van der Waals surface area contributed by atoms with Crippen molar-refractivity contribution in [2.75, 3.05) is 13.2 Å². The minimum atomic E-state index is 0.113. The second-order valence-electron chi connectivity index (χ2n) is 4.86. The van der Waals surface area contributed by atoms with E-state index in [1.807, 2.05) is 54.6 Å². The molecule has 2 N–H and O–H groups in total. The van der Waals surface area contributed by atoms with Crippen LogP contribution in [0.25, 0.3) is 5.69 Å². The highest BCUT2D eigenvalue weighted by Crippen LogP contribution is 2.21. The van der Waals surface area contributed by atoms with Crippen molar-refractivity contribution in [3.8, 4) is 17.4 Å². The maximum atomic E-state index is 8.80. The number of aliphatic hydroxyl groups is 1. The third-order valence-corrected chi connectivity index (χ3v) is 3.17. The lowest BCUT2D eigenvalue weighted by atomic mass is 10.2. The quantitative estimate of drug-likeness (QED) is 0.644. The summed E-state index contributed by atoms with van der Waals surface area (Å²) in [4.78, 5) is 0. The first-order chi connectivity index (χ1) is 11.4. The van der Waals surface area contributed by atoms with Crippen LogP contribution in [0.4, 0.5) is 0 Å². The molecule has 0 amide bonds. The average molecular weight is 311 g/mol. The average Bonchev–Trinajstić information content (AvgIpc) is 3.04. The fourth-order valence-electron chi connectivity index (χ4n) is 2.11. The Hall–Kier alpha value is -2.77. The number of nitrogens with zero attached hydrogens (tertiary/aromatic N) is 4. The summed E-state index contributed by atoms with van der Waals surface area (Å²) in [6.45, 7) is 1.32. The van der Waals surface area contributed by atoms with E-state index in [4.69, 9.17) is 9.84 Å². The van der Waals surface area contributed by atoms with Gasteiger partial charge in [-0.05, 0) is 40.3 Å². The van der Waals surface area contributed by atoms with Crippen LogP contribution in [0.5, 0.6) is 11.8 Å². The zero-order chi connectivity index (χ0) is 15.9. The molecule has 0 spiro atoms. The van der Waals surface area contributed by atoms with Crippen molar-refractivity contribution in [1.82, 2.24) is 25.5 Å². The lowest BCUT2D eigenvalue weighted by Crippen LogP contribution is -2.17. The van der Waals surface area contributed by atoms with E-state index in [1.165, 1.54) is 4.68 Å². The van der Waals surface area contributed by atoms with Gasteiger partial charge in [-0.15, -0.1) is 0 Å². The Balaban J connectivity index is 1.75. The molecule has 0 unspecified atom stereocenters. The minimum Gasteiger partial charge on any atom is -0.423 e. The fraction of sp³-hybridized carbons (Fsp3) is 0.188. The van der Waals surface area contributed by atoms with Gasteiger partial charge in [0.2, 0.25) is 0 Å². The van der Waals surface area contributed by atoms with Gasteiger partial charge in [0.15, 0.2) is 0 Å². The van der Waals surface area contributed by atoms with E-state index in [2.05, 4.69) is 20.8 Å². The standard InChI is InChI=1S/C16H17N5O2/c22-10-9-17-12-13-5-4-8-15(11-13)23-16-18-19-20-21(16)14-6-2-1-3-7-14/h1-8,11,17,22H,9-10,12H2. The van der Waals surface area contributed by atoms with E-state index >= 15 is 0 Å². The Kier molecular flexibility index (Phi) is 4.92. The maximum absolute atomic E-state index is 8.80. The van der Waals surface area contributed by atoms with Crippen molar-refractivity contribution in [3.63, 3.8) is 0 Å². The summed E-state index contributed by atoms with van der Waals surface area (Å²) in [6.07, 6.45) is 0. The van der Waals surface area contributed by atoms with Crippen LogP contribution in [0.2, 0.25) is 0 Å². The molecule has 3 aromatic rings. The molecule has 1 heterocycles. The number of hydrogen-bond acceptors (Lipinski definition) is 6. The molecule has 0 fully saturated rings. The zero-order valence-corrected chi connectivity index (χ0v) is 12.5. The molecular weight excluding hydrogens is 294 g/mol. The van der Waals surface area contributed by atoms with Crippen LogP contribution in [0.3, 0.4) is 0 Å². The van der Waals surface area contributed by atoms with Gasteiger partial charge in [-0.1, -0.05) is 35.4 Å². The Morgan fingerprint density at radius 2 is 1.96 bits per heavy atom. The summed E-state index contributed by atoms with van der Waals surface area (Å²) in [5.74, 6) is 0.653. The van der Waals surface area contributed by atoms with E-state index < -0.39 is 0 Å². The summed E-state index contributed by atoms with van der Waals surface area (Å²) in [5, 5.41) is 23.5. The number of aliphatic hydroxyl groups excluding tert-OH is 1. The minimum absolute atomic E-state index is 0.113. The summed E-state index contributed by atoms with van der Waals surface area (Å²) >= 11 is 0. The van der Waals surface area contributed by atoms with Crippen molar-refractivity contribution in [3.05, 3.63) is 60.2 Å². The first kappa shape index (κ1) is 15.1. The molecule has 0 bridgehead atoms. The first-order valence-corrected chi connectivity index (χ1v) is 7.29. The molecule has 118 valence electrons. The van der Waals surface area contributed by atoms with Gasteiger partial charge in [0.25, 0.3) is 0 Å². The van der Waals surface area contributed by atoms with Gasteiger partial charge in [-0.2, -0.15) is 4.68 Å². The summed E-state index contributed by atoms with van der Waals surface area (Å²) in [5.41, 5.74) is 1.88. The monoisotopic (exact) mass is 311 g/mol. The predicted molar refractivity (Wildman–Crippen MR) is 84.5 cm³/mol. The number of benzene rings is 2. The predicted octanol–water partition coefficient (Wildman–Crippen LogP) is 1.54. The largest absolute Gasteiger partial charge is 0.423 e. The van der Waals surface area contributed by atoms with E-state index in [9.17, 15) is 0 Å². The van der Waals surface area contributed by atoms with Crippen molar-refractivity contribution in [2.45, 2.75) is 6.54 Å². The van der Waals surface area contributed by atoms with Crippen molar-refractivity contribution >= 4 is 0 Å². The molecule has 7 heteroatoms. The van der Waals surface area contributed by atoms with Gasteiger partial charge in [0, 0.05) is 13.1 Å². The third kappa shape index (κ3) is 3.91. The molecule has 0 aliphatic rings. The van der Waals surface area contributed by atoms with Crippen LogP contribution < -0.4 is 10.1 Å². The van der Waals surface area contributed by atoms with Gasteiger partial charge in [-0.3, -0.25) is 0 Å². The van der Waals surface area contributed by atoms with Gasteiger partial charge in [0.05, 0.1) is 12.3 Å². The molecule has 23 heavy (non-hydrogen) atoms. The number of nitrogens with one attached hydrogen (secondary N) is 1. The Bertz CT molecular complexity index is 745. The molecule has 0 aliphatic carbocycles. The number of para-hydroxylation sites is 1. The Morgan fingerprint density at radius 3 is 2.78 bits per heavy atom. The lowest BCUT2D eigenvalue weighted by molar-refractivity contribution is 0.292. The van der Waals surface area contributed by atoms with E-state index in [0.717, 1.165) is 11.3 Å². The molecule has 0 atom stereocenters. The SMILES string of the molecule is OCCNCc1cccc(Oc2nnnn2-c2ccccc2)c1. The van der Waals surface area contributed by atoms with Gasteiger partial charge >= 0.3 is 6.01 Å². The first-order valence-electron chi connectivity index (χ1n) is 7.29. The highest BCUT2D eigenvalue weighted by atomic mass is 16.5. The zero-order valence-electron chi connectivity index (χ0n) is 12.5. The fourth-order valence-corrected chi connectivity index (χ4v) is 2.11. The lowest BCUT2D eigenvalue weighted by Gasteiger charge is -2.08. The van der Waals surface area contributed by atoms with E-state index in [1.54, 1.807) is 0 Å². The van der Waals surface area contributed by atoms with Crippen molar-refractivity contribution < 1.29 is 9.84 Å². The second kappa shape index (κ2) is 7.48. The van der Waals surface area contributed by atoms with Gasteiger partial charge in [-0.25, -0.2) is 0 Å². The second-order valence-corrected chi connectivity index (χ2v) is 4.86. The number of rotatable bonds is 7. The van der Waals surface area contributed by atoms with Crippen LogP contribution >= 0.6 is 0 Å². The topological polar surface area (TPSA) is 85.1 Å². The van der Waals surface area contributed by atoms with E-state index in [0.29, 0.717) is 24.8 Å². The number of aromatic nitrogens is 4. The highest BCUT2D eigenvalue weighted by Gasteiger charge is 2.10. The summed E-state index contributed by atoms with van der Waals surface area (Å²) in [6, 6.07) is 17.5. The molecule has 0 saturated carbocycles. The smallest absolute Gasteiger partial charge is 0.345 e. The van der Waals surface area contributed by atoms with Gasteiger partial charge < -0.3 is 15.2 Å². The summed E-state index contributed by atoms with van der Waals surface area (Å²) in [7, 11) is 0. The molecule has 0 aliphatic heterocycles. The number of tetrazole rings is 1. The molecule has 0 saturated heterocycles. The van der Waals surface area contributed by atoms with Crippen LogP contribution in [0, 0.1) is 0 Å². The molecule has 2 aromatic carbocycles.